The number of fused-ring (bicyclic) bond motifs is 3. The SMILES string of the molecule is COc1c(CNC(N)=O)c2c(c3c1OC(C)(C)C3)C(c1ccccc1)=NC(C)(C)C2. The second kappa shape index (κ2) is 7.04. The number of carbonyl (C=O) groups excluding carboxylic acids is 1. The van der Waals surface area contributed by atoms with E-state index >= 15 is 0 Å². The first-order valence-electron chi connectivity index (χ1n) is 10.2. The molecule has 30 heavy (non-hydrogen) atoms. The van der Waals surface area contributed by atoms with Crippen molar-refractivity contribution in [3.8, 4) is 11.5 Å². The van der Waals surface area contributed by atoms with Crippen molar-refractivity contribution >= 4 is 11.7 Å². The number of amides is 2. The van der Waals surface area contributed by atoms with Gasteiger partial charge in [0.05, 0.1) is 18.4 Å². The van der Waals surface area contributed by atoms with E-state index in [1.165, 1.54) is 0 Å². The zero-order valence-corrected chi connectivity index (χ0v) is 18.3. The van der Waals surface area contributed by atoms with Crippen molar-refractivity contribution in [3.05, 3.63) is 58.1 Å². The van der Waals surface area contributed by atoms with Gasteiger partial charge in [-0.1, -0.05) is 30.3 Å². The van der Waals surface area contributed by atoms with Crippen molar-refractivity contribution < 1.29 is 14.3 Å². The van der Waals surface area contributed by atoms with Crippen molar-refractivity contribution in [2.24, 2.45) is 10.7 Å². The minimum atomic E-state index is -0.570. The van der Waals surface area contributed by atoms with Gasteiger partial charge in [-0.25, -0.2) is 4.79 Å². The third-order valence-corrected chi connectivity index (χ3v) is 5.65. The van der Waals surface area contributed by atoms with Gasteiger partial charge in [0.25, 0.3) is 0 Å². The van der Waals surface area contributed by atoms with Gasteiger partial charge in [-0.05, 0) is 39.7 Å². The third kappa shape index (κ3) is 3.51. The Morgan fingerprint density at radius 1 is 1.17 bits per heavy atom. The van der Waals surface area contributed by atoms with Gasteiger partial charge in [0.2, 0.25) is 0 Å². The zero-order chi connectivity index (χ0) is 21.7. The molecule has 3 N–H and O–H groups in total. The summed E-state index contributed by atoms with van der Waals surface area (Å²) in [6.07, 6.45) is 1.50. The number of primary amides is 1. The molecule has 2 aromatic carbocycles. The standard InChI is InChI=1S/C24H29N3O3/c1-23(2)11-15-17(13-26-22(25)28)20(29-5)21-16(12-24(3,4)30-21)18(15)19(27-23)14-9-7-6-8-10-14/h6-10H,11-13H2,1-5H3,(H3,25,26,28). The largest absolute Gasteiger partial charge is 0.492 e. The van der Waals surface area contributed by atoms with Crippen LogP contribution in [0, 0.1) is 0 Å². The monoisotopic (exact) mass is 407 g/mol. The van der Waals surface area contributed by atoms with E-state index in [0.717, 1.165) is 52.1 Å². The Labute approximate surface area is 177 Å². The molecule has 0 spiro atoms. The van der Waals surface area contributed by atoms with Crippen molar-refractivity contribution in [1.82, 2.24) is 5.32 Å². The highest BCUT2D eigenvalue weighted by atomic mass is 16.5. The second-order valence-electron chi connectivity index (χ2n) is 9.25. The lowest BCUT2D eigenvalue weighted by molar-refractivity contribution is 0.134. The van der Waals surface area contributed by atoms with Gasteiger partial charge >= 0.3 is 6.03 Å². The van der Waals surface area contributed by atoms with Crippen LogP contribution in [0.15, 0.2) is 35.3 Å². The zero-order valence-electron chi connectivity index (χ0n) is 18.3. The highest BCUT2D eigenvalue weighted by Crippen LogP contribution is 2.50. The summed E-state index contributed by atoms with van der Waals surface area (Å²) in [6, 6.07) is 9.66. The minimum Gasteiger partial charge on any atom is -0.492 e. The molecule has 158 valence electrons. The first-order valence-corrected chi connectivity index (χ1v) is 10.2. The van der Waals surface area contributed by atoms with Crippen LogP contribution in [0.2, 0.25) is 0 Å². The maximum absolute atomic E-state index is 11.5. The number of nitrogens with one attached hydrogen (secondary N) is 1. The molecule has 2 amide bonds. The van der Waals surface area contributed by atoms with Gasteiger partial charge in [0, 0.05) is 35.2 Å². The maximum Gasteiger partial charge on any atom is 0.312 e. The quantitative estimate of drug-likeness (QED) is 0.809. The number of benzene rings is 2. The molecule has 0 bridgehead atoms. The van der Waals surface area contributed by atoms with E-state index in [-0.39, 0.29) is 17.7 Å². The van der Waals surface area contributed by atoms with Crippen LogP contribution in [0.5, 0.6) is 11.5 Å². The van der Waals surface area contributed by atoms with E-state index in [0.29, 0.717) is 5.75 Å². The lowest BCUT2D eigenvalue weighted by Crippen LogP contribution is -2.34. The number of nitrogens with two attached hydrogens (primary N) is 1. The van der Waals surface area contributed by atoms with Gasteiger partial charge in [0.15, 0.2) is 11.5 Å². The lowest BCUT2D eigenvalue weighted by Gasteiger charge is -2.33. The third-order valence-electron chi connectivity index (χ3n) is 5.65. The number of methoxy groups -OCH3 is 1. The normalized spacial score (nSPS) is 18.0. The molecule has 2 aliphatic rings. The summed E-state index contributed by atoms with van der Waals surface area (Å²) in [5, 5.41) is 2.74. The number of aliphatic imine (C=N–C) groups is 1. The van der Waals surface area contributed by atoms with Gasteiger partial charge in [0.1, 0.15) is 5.60 Å². The van der Waals surface area contributed by atoms with Gasteiger partial charge in [-0.3, -0.25) is 4.99 Å². The molecule has 0 aliphatic carbocycles. The first-order chi connectivity index (χ1) is 14.1. The molecule has 0 atom stereocenters. The molecule has 2 aromatic rings. The van der Waals surface area contributed by atoms with Crippen molar-refractivity contribution in [3.63, 3.8) is 0 Å². The average molecular weight is 408 g/mol. The van der Waals surface area contributed by atoms with Crippen molar-refractivity contribution in [1.29, 1.82) is 0 Å². The molecule has 0 aromatic heterocycles. The minimum absolute atomic E-state index is 0.274. The number of nitrogens with zero attached hydrogens (tertiary/aromatic N) is 1. The summed E-state index contributed by atoms with van der Waals surface area (Å²) in [5.74, 6) is 1.42. The molecule has 2 aliphatic heterocycles. The Bertz CT molecular complexity index is 1040. The van der Waals surface area contributed by atoms with E-state index in [2.05, 4.69) is 45.1 Å². The van der Waals surface area contributed by atoms with Crippen molar-refractivity contribution in [2.45, 2.75) is 58.2 Å². The highest BCUT2D eigenvalue weighted by Gasteiger charge is 2.41. The van der Waals surface area contributed by atoms with Gasteiger partial charge in [-0.15, -0.1) is 0 Å². The number of ether oxygens (including phenoxy) is 2. The predicted octanol–water partition coefficient (Wildman–Crippen LogP) is 3.75. The maximum atomic E-state index is 11.5. The molecule has 0 saturated carbocycles. The molecule has 0 radical (unpaired) electrons. The van der Waals surface area contributed by atoms with Crippen LogP contribution < -0.4 is 20.5 Å². The van der Waals surface area contributed by atoms with Crippen LogP contribution in [0.3, 0.4) is 0 Å². The summed E-state index contributed by atoms with van der Waals surface area (Å²) >= 11 is 0. The van der Waals surface area contributed by atoms with E-state index in [9.17, 15) is 4.79 Å². The van der Waals surface area contributed by atoms with Crippen LogP contribution in [0.25, 0.3) is 0 Å². The Hall–Kier alpha value is -3.02. The smallest absolute Gasteiger partial charge is 0.312 e. The van der Waals surface area contributed by atoms with E-state index in [1.807, 2.05) is 18.2 Å². The average Bonchev–Trinajstić information content (AvgIpc) is 2.99. The predicted molar refractivity (Wildman–Crippen MR) is 118 cm³/mol. The Balaban J connectivity index is 2.03. The fourth-order valence-electron chi connectivity index (χ4n) is 4.57. The molecule has 6 nitrogen and oxygen atoms in total. The van der Waals surface area contributed by atoms with E-state index < -0.39 is 6.03 Å². The van der Waals surface area contributed by atoms with Crippen LogP contribution in [0.4, 0.5) is 4.79 Å². The Morgan fingerprint density at radius 2 is 1.87 bits per heavy atom. The summed E-state index contributed by atoms with van der Waals surface area (Å²) in [6.45, 7) is 8.68. The molecule has 0 saturated heterocycles. The number of hydrogen-bond acceptors (Lipinski definition) is 4. The van der Waals surface area contributed by atoms with E-state index in [4.69, 9.17) is 20.2 Å². The Kier molecular flexibility index (Phi) is 4.76. The van der Waals surface area contributed by atoms with Crippen LogP contribution in [-0.4, -0.2) is 30.0 Å². The summed E-state index contributed by atoms with van der Waals surface area (Å²) < 4.78 is 12.2. The molecule has 0 fully saturated rings. The number of hydrogen-bond donors (Lipinski definition) is 2. The number of rotatable bonds is 4. The second-order valence-corrected chi connectivity index (χ2v) is 9.25. The molecular weight excluding hydrogens is 378 g/mol. The molecular formula is C24H29N3O3. The van der Waals surface area contributed by atoms with Crippen LogP contribution >= 0.6 is 0 Å². The molecule has 0 unspecified atom stereocenters. The molecule has 4 rings (SSSR count). The summed E-state index contributed by atoms with van der Waals surface area (Å²) in [5.41, 5.74) is 11.0. The van der Waals surface area contributed by atoms with Crippen LogP contribution in [-0.2, 0) is 19.4 Å². The van der Waals surface area contributed by atoms with Crippen LogP contribution in [0.1, 0.15) is 55.5 Å². The van der Waals surface area contributed by atoms with Crippen molar-refractivity contribution in [2.75, 3.05) is 7.11 Å². The summed E-state index contributed by atoms with van der Waals surface area (Å²) in [7, 11) is 1.64. The fraction of sp³-hybridized carbons (Fsp3) is 0.417. The Morgan fingerprint density at radius 3 is 2.50 bits per heavy atom. The topological polar surface area (TPSA) is 85.9 Å². The summed E-state index contributed by atoms with van der Waals surface area (Å²) in [4.78, 5) is 16.7. The number of carbonyl (C=O) groups is 1. The van der Waals surface area contributed by atoms with Gasteiger partial charge in [-0.2, -0.15) is 0 Å². The molecule has 6 heteroatoms. The first kappa shape index (κ1) is 20.3. The fourth-order valence-corrected chi connectivity index (χ4v) is 4.57. The number of urea groups is 1. The van der Waals surface area contributed by atoms with E-state index in [1.54, 1.807) is 7.11 Å². The highest BCUT2D eigenvalue weighted by molar-refractivity contribution is 6.16. The lowest BCUT2D eigenvalue weighted by atomic mass is 9.78. The molecule has 2 heterocycles. The van der Waals surface area contributed by atoms with Gasteiger partial charge < -0.3 is 20.5 Å².